The molecule has 1 atom stereocenters. The zero-order chi connectivity index (χ0) is 18.0. The summed E-state index contributed by atoms with van der Waals surface area (Å²) in [5.41, 5.74) is 0. The number of nitrogens with zero attached hydrogens (tertiary/aromatic N) is 3. The number of aromatic nitrogens is 2. The van der Waals surface area contributed by atoms with Crippen molar-refractivity contribution in [2.45, 2.75) is 70.6 Å². The molecule has 1 aliphatic heterocycles. The van der Waals surface area contributed by atoms with Crippen LogP contribution >= 0.6 is 0 Å². The van der Waals surface area contributed by atoms with Gasteiger partial charge in [0.25, 0.3) is 6.33 Å². The van der Waals surface area contributed by atoms with Crippen LogP contribution in [0.15, 0.2) is 18.7 Å². The Kier molecular flexibility index (Phi) is 5.91. The molecule has 6 heteroatoms. The van der Waals surface area contributed by atoms with Crippen LogP contribution in [-0.2, 0) is 11.5 Å². The van der Waals surface area contributed by atoms with Gasteiger partial charge in [-0.15, -0.1) is 0 Å². The van der Waals surface area contributed by atoms with Crippen LogP contribution in [-0.4, -0.2) is 43.0 Å². The molecule has 0 saturated carbocycles. The first-order valence-corrected chi connectivity index (χ1v) is 12.0. The van der Waals surface area contributed by atoms with E-state index in [4.69, 9.17) is 4.43 Å². The molecule has 0 N–H and O–H groups in total. The lowest BCUT2D eigenvalue weighted by Gasteiger charge is -2.38. The van der Waals surface area contributed by atoms with E-state index in [0.717, 1.165) is 32.4 Å². The summed E-state index contributed by atoms with van der Waals surface area (Å²) in [7, 11) is 0.224. The molecule has 1 saturated heterocycles. The Labute approximate surface area is 147 Å². The number of amides is 1. The van der Waals surface area contributed by atoms with E-state index in [1.807, 2.05) is 35.2 Å². The molecule has 5 nitrogen and oxygen atoms in total. The van der Waals surface area contributed by atoms with Gasteiger partial charge in [0.05, 0.1) is 7.05 Å². The number of carbonyl (C=O) groups is 1. The van der Waals surface area contributed by atoms with Gasteiger partial charge in [-0.25, -0.2) is 9.36 Å². The van der Waals surface area contributed by atoms with Gasteiger partial charge in [-0.3, -0.25) is 0 Å². The summed E-state index contributed by atoms with van der Waals surface area (Å²) in [5.74, 6) is 0. The van der Waals surface area contributed by atoms with Crippen LogP contribution in [0.4, 0.5) is 4.79 Å². The predicted molar refractivity (Wildman–Crippen MR) is 98.5 cm³/mol. The highest BCUT2D eigenvalue weighted by atomic mass is 28.4. The summed E-state index contributed by atoms with van der Waals surface area (Å²) >= 11 is 0. The maximum Gasteiger partial charge on any atom is 0.416 e. The van der Waals surface area contributed by atoms with Gasteiger partial charge < -0.3 is 9.33 Å². The minimum Gasteiger partial charge on any atom is -0.417 e. The fourth-order valence-corrected chi connectivity index (χ4v) is 3.99. The molecular formula is C18H34N3O2Si+. The van der Waals surface area contributed by atoms with Gasteiger partial charge >= 0.3 is 6.03 Å². The van der Waals surface area contributed by atoms with Gasteiger partial charge in [0.1, 0.15) is 12.4 Å². The zero-order valence-corrected chi connectivity index (χ0v) is 17.2. The molecule has 1 unspecified atom stereocenters. The second-order valence-corrected chi connectivity index (χ2v) is 13.3. The molecule has 2 rings (SSSR count). The number of imidazole rings is 1. The maximum atomic E-state index is 12.8. The number of aryl methyl sites for hydroxylation is 1. The van der Waals surface area contributed by atoms with Crippen LogP contribution in [0.3, 0.4) is 0 Å². The molecule has 0 bridgehead atoms. The first-order valence-electron chi connectivity index (χ1n) is 9.10. The third-order valence-electron chi connectivity index (χ3n) is 5.58. The van der Waals surface area contributed by atoms with Gasteiger partial charge in [-0.05, 0) is 43.8 Å². The van der Waals surface area contributed by atoms with E-state index in [0.29, 0.717) is 6.04 Å². The van der Waals surface area contributed by atoms with Crippen molar-refractivity contribution >= 4 is 14.3 Å². The number of rotatable bonds is 4. The molecule has 0 spiro atoms. The van der Waals surface area contributed by atoms with Crippen LogP contribution < -0.4 is 4.57 Å². The Morgan fingerprint density at radius 2 is 2.04 bits per heavy atom. The van der Waals surface area contributed by atoms with Crippen LogP contribution in [0.2, 0.25) is 18.1 Å². The summed E-state index contributed by atoms with van der Waals surface area (Å²) in [6, 6.07) is 0.386. The van der Waals surface area contributed by atoms with Crippen molar-refractivity contribution in [1.82, 2.24) is 9.47 Å². The third kappa shape index (κ3) is 4.48. The molecule has 2 heterocycles. The fraction of sp³-hybridized carbons (Fsp3) is 0.778. The zero-order valence-electron chi connectivity index (χ0n) is 16.2. The van der Waals surface area contributed by atoms with Crippen molar-refractivity contribution in [2.75, 3.05) is 13.2 Å². The highest BCUT2D eigenvalue weighted by Gasteiger charge is 2.37. The summed E-state index contributed by atoms with van der Waals surface area (Å²) in [5, 5.41) is 0.231. The number of hydrogen-bond donors (Lipinski definition) is 0. The smallest absolute Gasteiger partial charge is 0.416 e. The standard InChI is InChI=1S/C18H34N3O2Si/c1-18(2,3)24(5,6)23-14-10-16-9-7-8-11-21(16)17(22)20-13-12-19(4)15-20/h12-13,15-16H,7-11,14H2,1-6H3/q+1. The van der Waals surface area contributed by atoms with E-state index in [9.17, 15) is 4.79 Å². The number of piperidine rings is 1. The van der Waals surface area contributed by atoms with Crippen molar-refractivity contribution in [3.8, 4) is 0 Å². The van der Waals surface area contributed by atoms with Crippen molar-refractivity contribution in [3.05, 3.63) is 18.7 Å². The van der Waals surface area contributed by atoms with Crippen molar-refractivity contribution in [2.24, 2.45) is 7.05 Å². The molecule has 24 heavy (non-hydrogen) atoms. The van der Waals surface area contributed by atoms with Gasteiger partial charge in [-0.2, -0.15) is 4.57 Å². The van der Waals surface area contributed by atoms with E-state index in [-0.39, 0.29) is 11.1 Å². The van der Waals surface area contributed by atoms with Crippen molar-refractivity contribution < 1.29 is 13.8 Å². The monoisotopic (exact) mass is 352 g/mol. The van der Waals surface area contributed by atoms with Crippen molar-refractivity contribution in [1.29, 1.82) is 0 Å². The first kappa shape index (κ1) is 19.2. The molecule has 0 radical (unpaired) electrons. The number of carbonyl (C=O) groups excluding carboxylic acids is 1. The summed E-state index contributed by atoms with van der Waals surface area (Å²) < 4.78 is 9.91. The quantitative estimate of drug-likeness (QED) is 0.614. The van der Waals surface area contributed by atoms with Crippen LogP contribution in [0, 0.1) is 0 Å². The average molecular weight is 353 g/mol. The number of hydrogen-bond acceptors (Lipinski definition) is 2. The molecular weight excluding hydrogens is 318 g/mol. The Balaban J connectivity index is 1.96. The van der Waals surface area contributed by atoms with E-state index >= 15 is 0 Å². The topological polar surface area (TPSA) is 38.3 Å². The van der Waals surface area contributed by atoms with Gasteiger partial charge in [0.2, 0.25) is 0 Å². The van der Waals surface area contributed by atoms with Crippen LogP contribution in [0.1, 0.15) is 46.5 Å². The Morgan fingerprint density at radius 3 is 2.62 bits per heavy atom. The molecule has 0 aromatic carbocycles. The SMILES string of the molecule is C[n+]1ccn(C(=O)N2CCCCC2CCO[Si](C)(C)C(C)(C)C)c1. The van der Waals surface area contributed by atoms with Gasteiger partial charge in [0, 0.05) is 19.2 Å². The Bertz CT molecular complexity index is 563. The fourth-order valence-electron chi connectivity index (χ4n) is 2.93. The lowest BCUT2D eigenvalue weighted by atomic mass is 10.0. The largest absolute Gasteiger partial charge is 0.417 e. The Hall–Kier alpha value is -1.14. The highest BCUT2D eigenvalue weighted by Crippen LogP contribution is 2.36. The van der Waals surface area contributed by atoms with Crippen LogP contribution in [0.25, 0.3) is 0 Å². The van der Waals surface area contributed by atoms with Gasteiger partial charge in [-0.1, -0.05) is 20.8 Å². The molecule has 136 valence electrons. The van der Waals surface area contributed by atoms with Crippen LogP contribution in [0.5, 0.6) is 0 Å². The molecule has 1 aromatic heterocycles. The van der Waals surface area contributed by atoms with Gasteiger partial charge in [0.15, 0.2) is 8.32 Å². The highest BCUT2D eigenvalue weighted by molar-refractivity contribution is 6.74. The molecule has 1 aromatic rings. The molecule has 0 aliphatic carbocycles. The normalized spacial score (nSPS) is 19.6. The lowest BCUT2D eigenvalue weighted by molar-refractivity contribution is -0.670. The summed E-state index contributed by atoms with van der Waals surface area (Å²) in [6.45, 7) is 13.0. The lowest BCUT2D eigenvalue weighted by Crippen LogP contribution is -2.47. The second kappa shape index (κ2) is 7.40. The first-order chi connectivity index (χ1) is 11.1. The Morgan fingerprint density at radius 1 is 1.33 bits per heavy atom. The maximum absolute atomic E-state index is 12.8. The molecule has 1 aliphatic rings. The predicted octanol–water partition coefficient (Wildman–Crippen LogP) is 3.55. The van der Waals surface area contributed by atoms with Crippen molar-refractivity contribution in [3.63, 3.8) is 0 Å². The minimum atomic E-state index is -1.71. The number of likely N-dealkylation sites (tertiary alicyclic amines) is 1. The van der Waals surface area contributed by atoms with E-state index in [1.54, 1.807) is 4.57 Å². The summed E-state index contributed by atoms with van der Waals surface area (Å²) in [6.07, 6.45) is 9.88. The van der Waals surface area contributed by atoms with E-state index in [1.165, 1.54) is 6.42 Å². The minimum absolute atomic E-state index is 0.0904. The average Bonchev–Trinajstić information content (AvgIpc) is 2.92. The van der Waals surface area contributed by atoms with E-state index in [2.05, 4.69) is 33.9 Å². The molecule has 1 amide bonds. The summed E-state index contributed by atoms with van der Waals surface area (Å²) in [4.78, 5) is 14.8. The van der Waals surface area contributed by atoms with E-state index < -0.39 is 8.32 Å². The molecule has 1 fully saturated rings. The second-order valence-electron chi connectivity index (χ2n) is 8.51. The third-order valence-corrected chi connectivity index (χ3v) is 10.1.